The van der Waals surface area contributed by atoms with Gasteiger partial charge in [0.15, 0.2) is 5.11 Å². The van der Waals surface area contributed by atoms with Crippen LogP contribution >= 0.6 is 23.8 Å². The lowest BCUT2D eigenvalue weighted by Crippen LogP contribution is -2.48. The number of thiocarbonyl (C=S) groups is 1. The van der Waals surface area contributed by atoms with Crippen molar-refractivity contribution in [2.45, 2.75) is 0 Å². The average Bonchev–Trinajstić information content (AvgIpc) is 2.53. The third-order valence-corrected chi connectivity index (χ3v) is 3.11. The minimum absolute atomic E-state index is 0.0488. The number of pyridine rings is 1. The molecular weight excluding hydrogens is 324 g/mol. The van der Waals surface area contributed by atoms with Crippen molar-refractivity contribution in [1.29, 1.82) is 0 Å². The maximum absolute atomic E-state index is 11.9. The van der Waals surface area contributed by atoms with Crippen LogP contribution in [0.15, 0.2) is 48.8 Å². The first-order valence-electron chi connectivity index (χ1n) is 6.14. The monoisotopic (exact) mass is 334 g/mol. The summed E-state index contributed by atoms with van der Waals surface area (Å²) < 4.78 is 0. The second kappa shape index (κ2) is 7.48. The van der Waals surface area contributed by atoms with Crippen LogP contribution in [0.3, 0.4) is 0 Å². The fourth-order valence-corrected chi connectivity index (χ4v) is 1.90. The third kappa shape index (κ3) is 4.24. The number of carbonyl (C=O) groups is 2. The molecule has 2 aromatic rings. The molecule has 0 atom stereocenters. The van der Waals surface area contributed by atoms with E-state index in [1.54, 1.807) is 36.4 Å². The number of nitrogens with one attached hydrogen (secondary N) is 3. The summed E-state index contributed by atoms with van der Waals surface area (Å²) >= 11 is 10.8. The highest BCUT2D eigenvalue weighted by Crippen LogP contribution is 2.14. The number of hydrazine groups is 1. The van der Waals surface area contributed by atoms with Crippen molar-refractivity contribution >= 4 is 40.7 Å². The summed E-state index contributed by atoms with van der Waals surface area (Å²) in [6.45, 7) is 0. The Bertz CT molecular complexity index is 709. The standard InChI is InChI=1S/C14H11ClN4O2S/c15-11-4-2-1-3-10(11)13(21)17-14(22)19-18-12(20)9-5-7-16-8-6-9/h1-8H,(H,18,20)(H2,17,19,21,22). The number of aromatic nitrogens is 1. The van der Waals surface area contributed by atoms with Gasteiger partial charge in [-0.3, -0.25) is 30.7 Å². The van der Waals surface area contributed by atoms with E-state index in [4.69, 9.17) is 23.8 Å². The number of rotatable bonds is 2. The van der Waals surface area contributed by atoms with E-state index < -0.39 is 11.8 Å². The van der Waals surface area contributed by atoms with Crippen molar-refractivity contribution in [3.05, 3.63) is 64.9 Å². The van der Waals surface area contributed by atoms with Gasteiger partial charge in [-0.1, -0.05) is 23.7 Å². The van der Waals surface area contributed by atoms with Crippen LogP contribution in [-0.2, 0) is 0 Å². The molecular formula is C14H11ClN4O2S. The fraction of sp³-hybridized carbons (Fsp3) is 0. The molecule has 0 unspecified atom stereocenters. The molecule has 22 heavy (non-hydrogen) atoms. The molecule has 0 fully saturated rings. The molecule has 0 saturated heterocycles. The number of benzene rings is 1. The second-order valence-electron chi connectivity index (χ2n) is 4.08. The number of halogens is 1. The Hall–Kier alpha value is -2.51. The summed E-state index contributed by atoms with van der Waals surface area (Å²) in [5.74, 6) is -0.877. The SMILES string of the molecule is O=C(NNC(=S)NC(=O)c1ccccc1Cl)c1ccncc1. The van der Waals surface area contributed by atoms with Gasteiger partial charge in [0.1, 0.15) is 0 Å². The van der Waals surface area contributed by atoms with Gasteiger partial charge in [-0.2, -0.15) is 0 Å². The quantitative estimate of drug-likeness (QED) is 0.575. The number of carbonyl (C=O) groups excluding carboxylic acids is 2. The predicted molar refractivity (Wildman–Crippen MR) is 86.4 cm³/mol. The molecule has 1 heterocycles. The summed E-state index contributed by atoms with van der Waals surface area (Å²) in [6.07, 6.45) is 2.98. The van der Waals surface area contributed by atoms with Gasteiger partial charge < -0.3 is 0 Å². The summed E-state index contributed by atoms with van der Waals surface area (Å²) in [4.78, 5) is 27.5. The Morgan fingerprint density at radius 3 is 2.36 bits per heavy atom. The van der Waals surface area contributed by atoms with Crippen LogP contribution in [0.2, 0.25) is 5.02 Å². The van der Waals surface area contributed by atoms with Crippen LogP contribution in [-0.4, -0.2) is 21.9 Å². The van der Waals surface area contributed by atoms with E-state index in [0.717, 1.165) is 0 Å². The normalized spacial score (nSPS) is 9.68. The molecule has 0 aliphatic carbocycles. The van der Waals surface area contributed by atoms with Crippen LogP contribution in [0.1, 0.15) is 20.7 Å². The summed E-state index contributed by atoms with van der Waals surface area (Å²) in [6, 6.07) is 9.64. The van der Waals surface area contributed by atoms with E-state index in [2.05, 4.69) is 21.2 Å². The van der Waals surface area contributed by atoms with Crippen molar-refractivity contribution in [3.8, 4) is 0 Å². The van der Waals surface area contributed by atoms with Crippen molar-refractivity contribution in [1.82, 2.24) is 21.2 Å². The lowest BCUT2D eigenvalue weighted by molar-refractivity contribution is 0.0934. The molecule has 8 heteroatoms. The maximum atomic E-state index is 11.9. The topological polar surface area (TPSA) is 83.1 Å². The van der Waals surface area contributed by atoms with Gasteiger partial charge in [0.25, 0.3) is 11.8 Å². The predicted octanol–water partition coefficient (Wildman–Crippen LogP) is 1.68. The van der Waals surface area contributed by atoms with Crippen LogP contribution in [0.5, 0.6) is 0 Å². The maximum Gasteiger partial charge on any atom is 0.269 e. The van der Waals surface area contributed by atoms with E-state index in [1.807, 2.05) is 0 Å². The Balaban J connectivity index is 1.87. The Morgan fingerprint density at radius 2 is 1.68 bits per heavy atom. The number of amides is 2. The van der Waals surface area contributed by atoms with E-state index in [-0.39, 0.29) is 10.7 Å². The fourth-order valence-electron chi connectivity index (χ4n) is 1.54. The van der Waals surface area contributed by atoms with Crippen LogP contribution in [0, 0.1) is 0 Å². The highest BCUT2D eigenvalue weighted by Gasteiger charge is 2.11. The summed E-state index contributed by atoms with van der Waals surface area (Å²) in [5.41, 5.74) is 5.49. The highest BCUT2D eigenvalue weighted by atomic mass is 35.5. The molecule has 0 saturated carbocycles. The molecule has 0 aliphatic rings. The van der Waals surface area contributed by atoms with Gasteiger partial charge in [0.2, 0.25) is 0 Å². The molecule has 0 aliphatic heterocycles. The molecule has 3 N–H and O–H groups in total. The molecule has 2 amide bonds. The van der Waals surface area contributed by atoms with Gasteiger partial charge in [0.05, 0.1) is 10.6 Å². The molecule has 6 nitrogen and oxygen atoms in total. The Kier molecular flexibility index (Phi) is 5.40. The highest BCUT2D eigenvalue weighted by molar-refractivity contribution is 7.80. The van der Waals surface area contributed by atoms with Crippen molar-refractivity contribution in [2.75, 3.05) is 0 Å². The van der Waals surface area contributed by atoms with Gasteiger partial charge >= 0.3 is 0 Å². The molecule has 1 aromatic carbocycles. The van der Waals surface area contributed by atoms with E-state index in [0.29, 0.717) is 10.6 Å². The zero-order chi connectivity index (χ0) is 15.9. The van der Waals surface area contributed by atoms with Gasteiger partial charge in [0, 0.05) is 18.0 Å². The average molecular weight is 335 g/mol. The van der Waals surface area contributed by atoms with Gasteiger partial charge in [-0.15, -0.1) is 0 Å². The summed E-state index contributed by atoms with van der Waals surface area (Å²) in [5, 5.41) is 2.67. The van der Waals surface area contributed by atoms with Gasteiger partial charge in [-0.05, 0) is 36.5 Å². The number of hydrogen-bond acceptors (Lipinski definition) is 4. The van der Waals surface area contributed by atoms with E-state index in [1.165, 1.54) is 12.4 Å². The van der Waals surface area contributed by atoms with Crippen LogP contribution in [0.4, 0.5) is 0 Å². The number of hydrogen-bond donors (Lipinski definition) is 3. The first-order chi connectivity index (χ1) is 10.6. The molecule has 1 aromatic heterocycles. The molecule has 0 bridgehead atoms. The van der Waals surface area contributed by atoms with Crippen LogP contribution in [0.25, 0.3) is 0 Å². The zero-order valence-electron chi connectivity index (χ0n) is 11.2. The first-order valence-corrected chi connectivity index (χ1v) is 6.93. The molecule has 112 valence electrons. The zero-order valence-corrected chi connectivity index (χ0v) is 12.7. The molecule has 2 rings (SSSR count). The smallest absolute Gasteiger partial charge is 0.269 e. The number of nitrogens with zero attached hydrogens (tertiary/aromatic N) is 1. The molecule has 0 spiro atoms. The van der Waals surface area contributed by atoms with E-state index >= 15 is 0 Å². The van der Waals surface area contributed by atoms with Gasteiger partial charge in [-0.25, -0.2) is 0 Å². The first kappa shape index (κ1) is 15.9. The largest absolute Gasteiger partial charge is 0.298 e. The summed E-state index contributed by atoms with van der Waals surface area (Å²) in [7, 11) is 0. The van der Waals surface area contributed by atoms with Crippen molar-refractivity contribution < 1.29 is 9.59 Å². The Labute approximate surface area is 136 Å². The van der Waals surface area contributed by atoms with Crippen molar-refractivity contribution in [2.24, 2.45) is 0 Å². The minimum Gasteiger partial charge on any atom is -0.298 e. The second-order valence-corrected chi connectivity index (χ2v) is 4.89. The van der Waals surface area contributed by atoms with Crippen molar-refractivity contribution in [3.63, 3.8) is 0 Å². The molecule has 0 radical (unpaired) electrons. The van der Waals surface area contributed by atoms with E-state index in [9.17, 15) is 9.59 Å². The lowest BCUT2D eigenvalue weighted by atomic mass is 10.2. The van der Waals surface area contributed by atoms with Crippen LogP contribution < -0.4 is 16.2 Å². The lowest BCUT2D eigenvalue weighted by Gasteiger charge is -2.11. The third-order valence-electron chi connectivity index (χ3n) is 2.58. The minimum atomic E-state index is -0.471. The Morgan fingerprint density at radius 1 is 1.00 bits per heavy atom.